The summed E-state index contributed by atoms with van der Waals surface area (Å²) in [4.78, 5) is 27.5. The number of carbonyl (C=O) groups excluding carboxylic acids is 2. The minimum Gasteiger partial charge on any atom is -0.339 e. The molecule has 1 fully saturated rings. The van der Waals surface area contributed by atoms with Crippen LogP contribution in [0.15, 0.2) is 28.7 Å². The van der Waals surface area contributed by atoms with Crippen molar-refractivity contribution in [3.63, 3.8) is 0 Å². The number of benzene rings is 1. The Bertz CT molecular complexity index is 586. The van der Waals surface area contributed by atoms with Gasteiger partial charge in [0.05, 0.1) is 0 Å². The first kappa shape index (κ1) is 18.0. The van der Waals surface area contributed by atoms with Gasteiger partial charge in [-0.1, -0.05) is 28.9 Å². The van der Waals surface area contributed by atoms with Crippen LogP contribution in [0, 0.1) is 5.41 Å². The molecule has 126 valence electrons. The lowest BCUT2D eigenvalue weighted by atomic mass is 9.87. The van der Waals surface area contributed by atoms with Gasteiger partial charge in [0.15, 0.2) is 0 Å². The number of likely N-dealkylation sites (tertiary alicyclic amines) is 1. The summed E-state index contributed by atoms with van der Waals surface area (Å²) in [5.41, 5.74) is -0.386. The van der Waals surface area contributed by atoms with E-state index in [2.05, 4.69) is 28.2 Å². The number of halogens is 1. The molecule has 0 spiro atoms. The molecule has 1 aliphatic rings. The highest BCUT2D eigenvalue weighted by atomic mass is 79.9. The van der Waals surface area contributed by atoms with E-state index in [0.717, 1.165) is 36.7 Å². The Morgan fingerprint density at radius 3 is 2.74 bits per heavy atom. The molecule has 1 saturated heterocycles. The van der Waals surface area contributed by atoms with Gasteiger partial charge in [-0.3, -0.25) is 9.59 Å². The Morgan fingerprint density at radius 1 is 1.35 bits per heavy atom. The van der Waals surface area contributed by atoms with Crippen LogP contribution in [0.25, 0.3) is 0 Å². The van der Waals surface area contributed by atoms with Gasteiger partial charge in [0.25, 0.3) is 0 Å². The zero-order valence-electron chi connectivity index (χ0n) is 14.1. The van der Waals surface area contributed by atoms with Crippen molar-refractivity contribution in [2.75, 3.05) is 11.9 Å². The van der Waals surface area contributed by atoms with Crippen molar-refractivity contribution in [3.05, 3.63) is 28.7 Å². The van der Waals surface area contributed by atoms with Crippen LogP contribution in [0.4, 0.5) is 5.69 Å². The van der Waals surface area contributed by atoms with Crippen molar-refractivity contribution >= 4 is 33.4 Å². The monoisotopic (exact) mass is 380 g/mol. The molecule has 1 N–H and O–H groups in total. The molecule has 0 aromatic heterocycles. The zero-order valence-corrected chi connectivity index (χ0v) is 15.6. The summed E-state index contributed by atoms with van der Waals surface area (Å²) in [5, 5.41) is 2.86. The second-order valence-electron chi connectivity index (χ2n) is 6.65. The van der Waals surface area contributed by atoms with Crippen LogP contribution in [0.2, 0.25) is 0 Å². The van der Waals surface area contributed by atoms with Gasteiger partial charge in [0.2, 0.25) is 11.8 Å². The van der Waals surface area contributed by atoms with Crippen LogP contribution in [-0.2, 0) is 9.59 Å². The van der Waals surface area contributed by atoms with Crippen molar-refractivity contribution in [1.82, 2.24) is 4.90 Å². The molecule has 0 aliphatic carbocycles. The number of anilines is 1. The Balaban J connectivity index is 2.12. The summed E-state index contributed by atoms with van der Waals surface area (Å²) in [6.45, 7) is 6.28. The third kappa shape index (κ3) is 4.14. The summed E-state index contributed by atoms with van der Waals surface area (Å²) in [5.74, 6) is -0.336. The van der Waals surface area contributed by atoms with Gasteiger partial charge in [0, 0.05) is 22.7 Å². The Hall–Kier alpha value is -1.36. The van der Waals surface area contributed by atoms with Crippen LogP contribution >= 0.6 is 15.9 Å². The van der Waals surface area contributed by atoms with E-state index in [0.29, 0.717) is 5.69 Å². The number of nitrogens with zero attached hydrogens (tertiary/aromatic N) is 1. The van der Waals surface area contributed by atoms with Gasteiger partial charge in [-0.2, -0.15) is 0 Å². The highest BCUT2D eigenvalue weighted by molar-refractivity contribution is 9.10. The van der Waals surface area contributed by atoms with Crippen molar-refractivity contribution < 1.29 is 9.59 Å². The van der Waals surface area contributed by atoms with Crippen molar-refractivity contribution in [2.24, 2.45) is 5.41 Å². The van der Waals surface area contributed by atoms with Crippen molar-refractivity contribution in [3.8, 4) is 0 Å². The van der Waals surface area contributed by atoms with E-state index < -0.39 is 5.41 Å². The first-order chi connectivity index (χ1) is 10.9. The van der Waals surface area contributed by atoms with E-state index in [1.54, 1.807) is 13.8 Å². The van der Waals surface area contributed by atoms with Gasteiger partial charge < -0.3 is 10.2 Å². The van der Waals surface area contributed by atoms with Crippen LogP contribution in [-0.4, -0.2) is 29.3 Å². The fourth-order valence-corrected chi connectivity index (χ4v) is 3.40. The van der Waals surface area contributed by atoms with E-state index in [9.17, 15) is 9.59 Å². The maximum atomic E-state index is 12.9. The minimum atomic E-state index is -1.08. The van der Waals surface area contributed by atoms with Crippen molar-refractivity contribution in [2.45, 2.75) is 52.5 Å². The molecule has 0 bridgehead atoms. The molecule has 2 amide bonds. The molecule has 1 aromatic carbocycles. The molecule has 1 aliphatic heterocycles. The highest BCUT2D eigenvalue weighted by Gasteiger charge is 2.41. The fourth-order valence-electron chi connectivity index (χ4n) is 3.00. The van der Waals surface area contributed by atoms with E-state index >= 15 is 0 Å². The summed E-state index contributed by atoms with van der Waals surface area (Å²) < 4.78 is 0.890. The van der Waals surface area contributed by atoms with Crippen LogP contribution < -0.4 is 5.32 Å². The SMILES string of the molecule is CCC1CCCCN1C(=O)C(C)(C)C(=O)Nc1cccc(Br)c1. The minimum absolute atomic E-state index is 0.0726. The van der Waals surface area contributed by atoms with Gasteiger partial charge in [-0.25, -0.2) is 0 Å². The van der Waals surface area contributed by atoms with E-state index in [1.165, 1.54) is 0 Å². The summed E-state index contributed by atoms with van der Waals surface area (Å²) >= 11 is 3.38. The smallest absolute Gasteiger partial charge is 0.239 e. The van der Waals surface area contributed by atoms with Crippen LogP contribution in [0.1, 0.15) is 46.5 Å². The molecule has 1 heterocycles. The second-order valence-corrected chi connectivity index (χ2v) is 7.56. The standard InChI is InChI=1S/C18H25BrN2O2/c1-4-15-10-5-6-11-21(15)17(23)18(2,3)16(22)20-14-9-7-8-13(19)12-14/h7-9,12,15H,4-6,10-11H2,1-3H3,(H,20,22). The molecular weight excluding hydrogens is 356 g/mol. The van der Waals surface area contributed by atoms with E-state index in [-0.39, 0.29) is 17.9 Å². The molecule has 2 rings (SSSR count). The number of nitrogens with one attached hydrogen (secondary N) is 1. The zero-order chi connectivity index (χ0) is 17.0. The molecule has 1 atom stereocenters. The quantitative estimate of drug-likeness (QED) is 0.795. The van der Waals surface area contributed by atoms with E-state index in [1.807, 2.05) is 29.2 Å². The fraction of sp³-hybridized carbons (Fsp3) is 0.556. The average Bonchev–Trinajstić information content (AvgIpc) is 2.54. The number of hydrogen-bond acceptors (Lipinski definition) is 2. The third-order valence-electron chi connectivity index (χ3n) is 4.54. The first-order valence-corrected chi connectivity index (χ1v) is 9.03. The summed E-state index contributed by atoms with van der Waals surface area (Å²) in [6.07, 6.45) is 4.15. The number of carbonyl (C=O) groups is 2. The topological polar surface area (TPSA) is 49.4 Å². The number of hydrogen-bond donors (Lipinski definition) is 1. The third-order valence-corrected chi connectivity index (χ3v) is 5.04. The first-order valence-electron chi connectivity index (χ1n) is 8.24. The number of amides is 2. The predicted octanol–water partition coefficient (Wildman–Crippen LogP) is 4.20. The maximum Gasteiger partial charge on any atom is 0.239 e. The normalized spacial score (nSPS) is 18.6. The van der Waals surface area contributed by atoms with Crippen LogP contribution in [0.5, 0.6) is 0 Å². The molecular formula is C18H25BrN2O2. The van der Waals surface area contributed by atoms with Gasteiger partial charge in [-0.15, -0.1) is 0 Å². The molecule has 23 heavy (non-hydrogen) atoms. The largest absolute Gasteiger partial charge is 0.339 e. The van der Waals surface area contributed by atoms with Crippen molar-refractivity contribution in [1.29, 1.82) is 0 Å². The predicted molar refractivity (Wildman–Crippen MR) is 96.2 cm³/mol. The van der Waals surface area contributed by atoms with Crippen LogP contribution in [0.3, 0.4) is 0 Å². The molecule has 0 saturated carbocycles. The Morgan fingerprint density at radius 2 is 2.09 bits per heavy atom. The molecule has 0 radical (unpaired) electrons. The lowest BCUT2D eigenvalue weighted by molar-refractivity contribution is -0.149. The lowest BCUT2D eigenvalue weighted by Crippen LogP contribution is -2.52. The van der Waals surface area contributed by atoms with Gasteiger partial charge >= 0.3 is 0 Å². The Kier molecular flexibility index (Phi) is 5.84. The van der Waals surface area contributed by atoms with Gasteiger partial charge in [-0.05, 0) is 57.7 Å². The average molecular weight is 381 g/mol. The maximum absolute atomic E-state index is 12.9. The Labute approximate surface area is 146 Å². The number of piperidine rings is 1. The lowest BCUT2D eigenvalue weighted by Gasteiger charge is -2.39. The second kappa shape index (κ2) is 7.47. The number of rotatable bonds is 4. The molecule has 1 aromatic rings. The summed E-state index contributed by atoms with van der Waals surface area (Å²) in [6, 6.07) is 7.65. The van der Waals surface area contributed by atoms with E-state index in [4.69, 9.17) is 0 Å². The highest BCUT2D eigenvalue weighted by Crippen LogP contribution is 2.28. The molecule has 1 unspecified atom stereocenters. The summed E-state index contributed by atoms with van der Waals surface area (Å²) in [7, 11) is 0. The molecule has 5 heteroatoms. The molecule has 4 nitrogen and oxygen atoms in total. The van der Waals surface area contributed by atoms with Gasteiger partial charge in [0.1, 0.15) is 5.41 Å².